The van der Waals surface area contributed by atoms with E-state index in [2.05, 4.69) is 173 Å². The normalized spacial score (nSPS) is 13.5. The molecule has 0 atom stereocenters. The largest absolute Gasteiger partial charge is 0.309 e. The maximum absolute atomic E-state index is 2.40. The molecule has 0 radical (unpaired) electrons. The van der Waals surface area contributed by atoms with Crippen molar-refractivity contribution in [3.63, 3.8) is 0 Å². The highest BCUT2D eigenvalue weighted by Gasteiger charge is 2.45. The van der Waals surface area contributed by atoms with Crippen molar-refractivity contribution >= 4 is 44.4 Å². The SMILES string of the molecule is Ic1ccc(C2(c3ccc(-n4c5ccccc5c5ccccc54)cc3)c3ccccc3-c3ccccc32)cc1. The van der Waals surface area contributed by atoms with Crippen LogP contribution in [0.4, 0.5) is 0 Å². The van der Waals surface area contributed by atoms with Crippen LogP contribution in [0.5, 0.6) is 0 Å². The standard InChI is InChI=1S/C37H24IN/c38-27-21-17-25(18-22-27)37(33-13-5-1-9-29(33)30-10-2-6-14-34(30)37)26-19-23-28(24-20-26)39-35-15-7-3-11-31(35)32-12-4-8-16-36(32)39/h1-24H. The molecule has 0 aliphatic heterocycles. The van der Waals surface area contributed by atoms with E-state index in [1.54, 1.807) is 0 Å². The predicted molar refractivity (Wildman–Crippen MR) is 171 cm³/mol. The molecule has 0 fully saturated rings. The third-order valence-corrected chi connectivity index (χ3v) is 9.09. The Morgan fingerprint density at radius 2 is 0.872 bits per heavy atom. The van der Waals surface area contributed by atoms with Gasteiger partial charge in [0.05, 0.1) is 16.4 Å². The van der Waals surface area contributed by atoms with Crippen LogP contribution in [0.25, 0.3) is 38.6 Å². The monoisotopic (exact) mass is 609 g/mol. The van der Waals surface area contributed by atoms with Crippen LogP contribution in [-0.2, 0) is 5.41 Å². The molecule has 1 aliphatic carbocycles. The number of fused-ring (bicyclic) bond motifs is 6. The lowest BCUT2D eigenvalue weighted by atomic mass is 9.68. The van der Waals surface area contributed by atoms with Gasteiger partial charge in [-0.05, 0) is 92.4 Å². The minimum Gasteiger partial charge on any atom is -0.309 e. The van der Waals surface area contributed by atoms with Gasteiger partial charge in [0.2, 0.25) is 0 Å². The van der Waals surface area contributed by atoms with Gasteiger partial charge in [-0.2, -0.15) is 0 Å². The van der Waals surface area contributed by atoms with Gasteiger partial charge in [0, 0.05) is 20.0 Å². The first kappa shape index (κ1) is 22.8. The summed E-state index contributed by atoms with van der Waals surface area (Å²) < 4.78 is 3.63. The Morgan fingerprint density at radius 3 is 1.41 bits per heavy atom. The average Bonchev–Trinajstić information content (AvgIpc) is 3.49. The second-order valence-electron chi connectivity index (χ2n) is 10.3. The fourth-order valence-corrected chi connectivity index (χ4v) is 7.14. The molecule has 2 heteroatoms. The summed E-state index contributed by atoms with van der Waals surface area (Å²) in [5.74, 6) is 0. The van der Waals surface area contributed by atoms with Crippen LogP contribution in [-0.4, -0.2) is 4.57 Å². The third kappa shape index (κ3) is 3.18. The van der Waals surface area contributed by atoms with Gasteiger partial charge in [-0.25, -0.2) is 0 Å². The number of hydrogen-bond donors (Lipinski definition) is 0. The van der Waals surface area contributed by atoms with Crippen molar-refractivity contribution in [1.29, 1.82) is 0 Å². The molecule has 0 N–H and O–H groups in total. The van der Waals surface area contributed by atoms with Crippen molar-refractivity contribution in [3.05, 3.63) is 171 Å². The van der Waals surface area contributed by atoms with Crippen molar-refractivity contribution in [3.8, 4) is 16.8 Å². The van der Waals surface area contributed by atoms with Gasteiger partial charge in [-0.1, -0.05) is 109 Å². The van der Waals surface area contributed by atoms with Gasteiger partial charge in [-0.15, -0.1) is 0 Å². The van der Waals surface area contributed by atoms with Crippen LogP contribution >= 0.6 is 22.6 Å². The minimum atomic E-state index is -0.378. The second-order valence-corrected chi connectivity index (χ2v) is 11.5. The fraction of sp³-hybridized carbons (Fsp3) is 0.0270. The molecule has 7 aromatic rings. The lowest BCUT2D eigenvalue weighted by molar-refractivity contribution is 0.767. The minimum absolute atomic E-state index is 0.378. The number of aromatic nitrogens is 1. The predicted octanol–water partition coefficient (Wildman–Crippen LogP) is 9.75. The molecule has 0 saturated heterocycles. The van der Waals surface area contributed by atoms with Crippen LogP contribution in [0.3, 0.4) is 0 Å². The summed E-state index contributed by atoms with van der Waals surface area (Å²) in [7, 11) is 0. The molecule has 1 heterocycles. The van der Waals surface area contributed by atoms with Gasteiger partial charge in [0.15, 0.2) is 0 Å². The number of hydrogen-bond acceptors (Lipinski definition) is 0. The van der Waals surface area contributed by atoms with Crippen LogP contribution in [0, 0.1) is 3.57 Å². The number of rotatable bonds is 3. The zero-order valence-corrected chi connectivity index (χ0v) is 23.3. The maximum Gasteiger partial charge on any atom is 0.0713 e. The van der Waals surface area contributed by atoms with Crippen LogP contribution in [0.1, 0.15) is 22.3 Å². The van der Waals surface area contributed by atoms with Gasteiger partial charge >= 0.3 is 0 Å². The number of para-hydroxylation sites is 2. The summed E-state index contributed by atoms with van der Waals surface area (Å²) in [6.45, 7) is 0. The van der Waals surface area contributed by atoms with E-state index in [0.29, 0.717) is 0 Å². The Kier molecular flexibility index (Phi) is 5.08. The summed E-state index contributed by atoms with van der Waals surface area (Å²) in [6, 6.07) is 53.6. The molecule has 6 aromatic carbocycles. The summed E-state index contributed by atoms with van der Waals surface area (Å²) in [4.78, 5) is 0. The van der Waals surface area contributed by atoms with Crippen molar-refractivity contribution in [2.45, 2.75) is 5.41 Å². The van der Waals surface area contributed by atoms with E-state index in [4.69, 9.17) is 0 Å². The molecule has 0 unspecified atom stereocenters. The number of halogens is 1. The van der Waals surface area contributed by atoms with E-state index in [-0.39, 0.29) is 5.41 Å². The topological polar surface area (TPSA) is 4.93 Å². The molecule has 8 rings (SSSR count). The molecule has 1 nitrogen and oxygen atoms in total. The smallest absolute Gasteiger partial charge is 0.0713 e. The summed E-state index contributed by atoms with van der Waals surface area (Å²) in [5.41, 5.74) is 11.2. The lowest BCUT2D eigenvalue weighted by Gasteiger charge is -2.34. The number of nitrogens with zero attached hydrogens (tertiary/aromatic N) is 1. The van der Waals surface area contributed by atoms with E-state index in [0.717, 1.165) is 0 Å². The molecular weight excluding hydrogens is 585 g/mol. The zero-order chi connectivity index (χ0) is 26.0. The highest BCUT2D eigenvalue weighted by Crippen LogP contribution is 2.56. The van der Waals surface area contributed by atoms with Gasteiger partial charge < -0.3 is 4.57 Å². The van der Waals surface area contributed by atoms with Gasteiger partial charge in [-0.3, -0.25) is 0 Å². The first-order chi connectivity index (χ1) is 19.3. The Morgan fingerprint density at radius 1 is 0.436 bits per heavy atom. The Hall–Kier alpha value is -4.15. The van der Waals surface area contributed by atoms with E-state index < -0.39 is 0 Å². The first-order valence-electron chi connectivity index (χ1n) is 13.3. The first-order valence-corrected chi connectivity index (χ1v) is 14.4. The van der Waals surface area contributed by atoms with Crippen LogP contribution < -0.4 is 0 Å². The Labute approximate surface area is 241 Å². The van der Waals surface area contributed by atoms with Crippen molar-refractivity contribution in [2.75, 3.05) is 0 Å². The van der Waals surface area contributed by atoms with Crippen molar-refractivity contribution in [2.24, 2.45) is 0 Å². The zero-order valence-electron chi connectivity index (χ0n) is 21.2. The van der Waals surface area contributed by atoms with E-state index in [9.17, 15) is 0 Å². The molecule has 39 heavy (non-hydrogen) atoms. The highest BCUT2D eigenvalue weighted by molar-refractivity contribution is 14.1. The van der Waals surface area contributed by atoms with E-state index in [1.807, 2.05) is 0 Å². The third-order valence-electron chi connectivity index (χ3n) is 8.37. The molecule has 0 amide bonds. The maximum atomic E-state index is 2.40. The fourth-order valence-electron chi connectivity index (χ4n) is 6.78. The van der Waals surface area contributed by atoms with Crippen molar-refractivity contribution < 1.29 is 0 Å². The van der Waals surface area contributed by atoms with E-state index in [1.165, 1.54) is 64.4 Å². The molecular formula is C37H24IN. The van der Waals surface area contributed by atoms with Gasteiger partial charge in [0.1, 0.15) is 0 Å². The van der Waals surface area contributed by atoms with Gasteiger partial charge in [0.25, 0.3) is 0 Å². The molecule has 0 bridgehead atoms. The molecule has 0 spiro atoms. The Balaban J connectivity index is 1.40. The molecule has 184 valence electrons. The molecule has 0 saturated carbocycles. The van der Waals surface area contributed by atoms with Crippen LogP contribution in [0.2, 0.25) is 0 Å². The lowest BCUT2D eigenvalue weighted by Crippen LogP contribution is -2.28. The molecule has 1 aliphatic rings. The molecule has 1 aromatic heterocycles. The summed E-state index contributed by atoms with van der Waals surface area (Å²) in [6.07, 6.45) is 0. The van der Waals surface area contributed by atoms with Crippen molar-refractivity contribution in [1.82, 2.24) is 4.57 Å². The highest BCUT2D eigenvalue weighted by atomic mass is 127. The number of benzene rings is 6. The second kappa shape index (κ2) is 8.69. The summed E-state index contributed by atoms with van der Waals surface area (Å²) >= 11 is 2.40. The average molecular weight is 610 g/mol. The quantitative estimate of drug-likeness (QED) is 0.176. The van der Waals surface area contributed by atoms with Crippen LogP contribution in [0.15, 0.2) is 146 Å². The summed E-state index contributed by atoms with van der Waals surface area (Å²) in [5, 5.41) is 2.57. The van der Waals surface area contributed by atoms with E-state index >= 15 is 0 Å². The Bertz CT molecular complexity index is 1910.